The Bertz CT molecular complexity index is 314. The molecule has 0 nitrogen and oxygen atoms in total. The van der Waals surface area contributed by atoms with E-state index < -0.39 is 0 Å². The molecule has 1 atom stereocenters. The minimum absolute atomic E-state index is 0.211. The van der Waals surface area contributed by atoms with Gasteiger partial charge in [0.1, 0.15) is 5.82 Å². The summed E-state index contributed by atoms with van der Waals surface area (Å²) in [4.78, 5) is 0. The van der Waals surface area contributed by atoms with Gasteiger partial charge in [-0.05, 0) is 52.4 Å². The second-order valence-electron chi connectivity index (χ2n) is 3.76. The Kier molecular flexibility index (Phi) is 5.62. The van der Waals surface area contributed by atoms with Crippen LogP contribution in [0.1, 0.15) is 25.3 Å². The minimum atomic E-state index is -0.211. The van der Waals surface area contributed by atoms with Crippen molar-refractivity contribution in [2.45, 2.75) is 26.2 Å². The summed E-state index contributed by atoms with van der Waals surface area (Å²) >= 11 is 9.07. The third kappa shape index (κ3) is 4.12. The highest BCUT2D eigenvalue weighted by atomic mass is 79.9. The molecule has 0 amide bonds. The maximum absolute atomic E-state index is 13.0. The lowest BCUT2D eigenvalue weighted by Crippen LogP contribution is -2.06. The molecule has 0 saturated carbocycles. The standard InChI is InChI=1S/C12H15BrClF/c1-2-3-10(8-14)6-9-4-5-12(15)11(13)7-9/h4-5,7,10H,2-3,6,8H2,1H3. The van der Waals surface area contributed by atoms with Gasteiger partial charge in [-0.3, -0.25) is 0 Å². The van der Waals surface area contributed by atoms with Crippen LogP contribution in [0.3, 0.4) is 0 Å². The van der Waals surface area contributed by atoms with Crippen molar-refractivity contribution in [3.05, 3.63) is 34.1 Å². The molecule has 1 aromatic carbocycles. The maximum atomic E-state index is 13.0. The fraction of sp³-hybridized carbons (Fsp3) is 0.500. The molecule has 15 heavy (non-hydrogen) atoms. The van der Waals surface area contributed by atoms with Crippen LogP contribution in [0.5, 0.6) is 0 Å². The molecule has 0 fully saturated rings. The van der Waals surface area contributed by atoms with Crippen molar-refractivity contribution in [3.8, 4) is 0 Å². The highest BCUT2D eigenvalue weighted by Crippen LogP contribution is 2.21. The van der Waals surface area contributed by atoms with Crippen LogP contribution in [0.2, 0.25) is 0 Å². The van der Waals surface area contributed by atoms with Gasteiger partial charge < -0.3 is 0 Å². The largest absolute Gasteiger partial charge is 0.206 e. The summed E-state index contributed by atoms with van der Waals surface area (Å²) in [6.45, 7) is 2.15. The van der Waals surface area contributed by atoms with Gasteiger partial charge in [0, 0.05) is 5.88 Å². The number of halogens is 3. The van der Waals surface area contributed by atoms with E-state index in [0.717, 1.165) is 24.8 Å². The summed E-state index contributed by atoms with van der Waals surface area (Å²) in [5.41, 5.74) is 1.14. The van der Waals surface area contributed by atoms with Gasteiger partial charge in [0.2, 0.25) is 0 Å². The summed E-state index contributed by atoms with van der Waals surface area (Å²) < 4.78 is 13.5. The zero-order valence-corrected chi connectivity index (χ0v) is 11.1. The number of alkyl halides is 1. The van der Waals surface area contributed by atoms with E-state index >= 15 is 0 Å². The molecule has 0 heterocycles. The third-order valence-electron chi connectivity index (χ3n) is 2.42. The molecule has 1 unspecified atom stereocenters. The highest BCUT2D eigenvalue weighted by Gasteiger charge is 2.08. The van der Waals surface area contributed by atoms with Crippen LogP contribution >= 0.6 is 27.5 Å². The van der Waals surface area contributed by atoms with Crippen LogP contribution in [0.15, 0.2) is 22.7 Å². The average Bonchev–Trinajstić information content (AvgIpc) is 2.23. The fourth-order valence-corrected chi connectivity index (χ4v) is 2.33. The molecular weight excluding hydrogens is 278 g/mol. The molecule has 0 aliphatic rings. The van der Waals surface area contributed by atoms with Crippen LogP contribution in [-0.4, -0.2) is 5.88 Å². The maximum Gasteiger partial charge on any atom is 0.137 e. The zero-order valence-electron chi connectivity index (χ0n) is 8.77. The van der Waals surface area contributed by atoms with Crippen molar-refractivity contribution in [1.82, 2.24) is 0 Å². The second-order valence-corrected chi connectivity index (χ2v) is 4.92. The molecule has 1 rings (SSSR count). The Labute approximate surface area is 104 Å². The van der Waals surface area contributed by atoms with Gasteiger partial charge >= 0.3 is 0 Å². The predicted molar refractivity (Wildman–Crippen MR) is 66.9 cm³/mol. The third-order valence-corrected chi connectivity index (χ3v) is 3.47. The lowest BCUT2D eigenvalue weighted by Gasteiger charge is -2.12. The Balaban J connectivity index is 2.66. The van der Waals surface area contributed by atoms with E-state index in [1.54, 1.807) is 0 Å². The topological polar surface area (TPSA) is 0 Å². The smallest absolute Gasteiger partial charge is 0.137 e. The quantitative estimate of drug-likeness (QED) is 0.685. The van der Waals surface area contributed by atoms with E-state index in [1.165, 1.54) is 6.07 Å². The first-order chi connectivity index (χ1) is 7.17. The summed E-state index contributed by atoms with van der Waals surface area (Å²) in [6.07, 6.45) is 3.19. The van der Waals surface area contributed by atoms with E-state index in [0.29, 0.717) is 16.3 Å². The first-order valence-corrected chi connectivity index (χ1v) is 6.50. The van der Waals surface area contributed by atoms with Crippen molar-refractivity contribution in [3.63, 3.8) is 0 Å². The van der Waals surface area contributed by atoms with E-state index in [-0.39, 0.29) is 5.82 Å². The SMILES string of the molecule is CCCC(CCl)Cc1ccc(F)c(Br)c1. The van der Waals surface area contributed by atoms with Crippen LogP contribution in [-0.2, 0) is 6.42 Å². The molecule has 0 radical (unpaired) electrons. The van der Waals surface area contributed by atoms with E-state index in [2.05, 4.69) is 22.9 Å². The van der Waals surface area contributed by atoms with Crippen molar-refractivity contribution in [2.75, 3.05) is 5.88 Å². The van der Waals surface area contributed by atoms with Gasteiger partial charge in [0.25, 0.3) is 0 Å². The van der Waals surface area contributed by atoms with Crippen LogP contribution < -0.4 is 0 Å². The van der Waals surface area contributed by atoms with Crippen molar-refractivity contribution in [1.29, 1.82) is 0 Å². The summed E-state index contributed by atoms with van der Waals surface area (Å²) in [7, 11) is 0. The van der Waals surface area contributed by atoms with Gasteiger partial charge in [0.15, 0.2) is 0 Å². The molecule has 3 heteroatoms. The monoisotopic (exact) mass is 292 g/mol. The molecule has 0 saturated heterocycles. The van der Waals surface area contributed by atoms with Crippen molar-refractivity contribution in [2.24, 2.45) is 5.92 Å². The molecule has 0 aromatic heterocycles. The number of benzene rings is 1. The number of hydrogen-bond donors (Lipinski definition) is 0. The molecular formula is C12H15BrClF. The van der Waals surface area contributed by atoms with Gasteiger partial charge in [-0.15, -0.1) is 11.6 Å². The second kappa shape index (κ2) is 6.49. The lowest BCUT2D eigenvalue weighted by molar-refractivity contribution is 0.527. The van der Waals surface area contributed by atoms with Gasteiger partial charge in [-0.1, -0.05) is 19.4 Å². The Hall–Kier alpha value is -0.0800. The van der Waals surface area contributed by atoms with E-state index in [4.69, 9.17) is 11.6 Å². The van der Waals surface area contributed by atoms with E-state index in [9.17, 15) is 4.39 Å². The zero-order chi connectivity index (χ0) is 11.3. The molecule has 0 aliphatic carbocycles. The Morgan fingerprint density at radius 3 is 2.73 bits per heavy atom. The highest BCUT2D eigenvalue weighted by molar-refractivity contribution is 9.10. The van der Waals surface area contributed by atoms with Crippen molar-refractivity contribution >= 4 is 27.5 Å². The number of rotatable bonds is 5. The first kappa shape index (κ1) is 13.0. The van der Waals surface area contributed by atoms with Crippen LogP contribution in [0, 0.1) is 11.7 Å². The van der Waals surface area contributed by atoms with Crippen LogP contribution in [0.25, 0.3) is 0 Å². The van der Waals surface area contributed by atoms with E-state index in [1.807, 2.05) is 12.1 Å². The van der Waals surface area contributed by atoms with Gasteiger partial charge in [-0.2, -0.15) is 0 Å². The normalized spacial score (nSPS) is 12.8. The average molecular weight is 294 g/mol. The molecule has 84 valence electrons. The fourth-order valence-electron chi connectivity index (χ4n) is 1.64. The predicted octanol–water partition coefficient (Wildman–Crippen LogP) is 4.79. The Morgan fingerprint density at radius 2 is 2.20 bits per heavy atom. The lowest BCUT2D eigenvalue weighted by atomic mass is 9.97. The van der Waals surface area contributed by atoms with Gasteiger partial charge in [0.05, 0.1) is 4.47 Å². The van der Waals surface area contributed by atoms with Gasteiger partial charge in [-0.25, -0.2) is 4.39 Å². The van der Waals surface area contributed by atoms with Crippen LogP contribution in [0.4, 0.5) is 4.39 Å². The minimum Gasteiger partial charge on any atom is -0.206 e. The molecule has 0 N–H and O–H groups in total. The molecule has 1 aromatic rings. The summed E-state index contributed by atoms with van der Waals surface area (Å²) in [5, 5.41) is 0. The molecule has 0 aliphatic heterocycles. The molecule has 0 spiro atoms. The number of hydrogen-bond acceptors (Lipinski definition) is 0. The summed E-state index contributed by atoms with van der Waals surface area (Å²) in [5.74, 6) is 0.953. The summed E-state index contributed by atoms with van der Waals surface area (Å²) in [6, 6.07) is 5.16. The van der Waals surface area contributed by atoms with Crippen molar-refractivity contribution < 1.29 is 4.39 Å². The first-order valence-electron chi connectivity index (χ1n) is 5.17. The molecule has 0 bridgehead atoms. The Morgan fingerprint density at radius 1 is 1.47 bits per heavy atom.